The molecule has 0 radical (unpaired) electrons. The molecule has 2 aliphatic rings. The second kappa shape index (κ2) is 10.2. The number of benzene rings is 1. The van der Waals surface area contributed by atoms with Gasteiger partial charge in [-0.1, -0.05) is 25.3 Å². The summed E-state index contributed by atoms with van der Waals surface area (Å²) in [4.78, 5) is 14.9. The minimum absolute atomic E-state index is 0. The molecule has 160 valence electrons. The number of carbonyl (C=O) groups excluding carboxylic acids is 1. The molecule has 10 heteroatoms. The second-order valence-corrected chi connectivity index (χ2v) is 9.34. The van der Waals surface area contributed by atoms with Crippen LogP contribution in [0, 0.1) is 0 Å². The molecule has 7 nitrogen and oxygen atoms in total. The van der Waals surface area contributed by atoms with E-state index in [0.717, 1.165) is 19.3 Å². The van der Waals surface area contributed by atoms with Gasteiger partial charge in [-0.25, -0.2) is 8.42 Å². The SMILES string of the molecule is CN1CCN(S(=O)(=O)c2cccc(NC(=O)C3(N)CCCCC3)c2)CC1.Cl.Cl. The normalized spacial score (nSPS) is 20.5. The molecule has 3 N–H and O–H groups in total. The Kier molecular flexibility index (Phi) is 9.18. The number of piperazine rings is 1. The summed E-state index contributed by atoms with van der Waals surface area (Å²) >= 11 is 0. The van der Waals surface area contributed by atoms with Gasteiger partial charge in [0, 0.05) is 31.9 Å². The van der Waals surface area contributed by atoms with Crippen LogP contribution in [0.4, 0.5) is 5.69 Å². The Morgan fingerprint density at radius 3 is 2.29 bits per heavy atom. The van der Waals surface area contributed by atoms with Crippen LogP contribution in [0.1, 0.15) is 32.1 Å². The van der Waals surface area contributed by atoms with Crippen molar-refractivity contribution in [3.05, 3.63) is 24.3 Å². The number of nitrogens with one attached hydrogen (secondary N) is 1. The zero-order chi connectivity index (χ0) is 18.8. The topological polar surface area (TPSA) is 95.7 Å². The first-order valence-corrected chi connectivity index (χ1v) is 10.6. The Morgan fingerprint density at radius 2 is 1.68 bits per heavy atom. The monoisotopic (exact) mass is 452 g/mol. The molecule has 3 rings (SSSR count). The lowest BCUT2D eigenvalue weighted by atomic mass is 9.82. The molecule has 1 saturated carbocycles. The zero-order valence-corrected chi connectivity index (χ0v) is 18.5. The number of nitrogens with two attached hydrogens (primary N) is 1. The highest BCUT2D eigenvalue weighted by molar-refractivity contribution is 7.89. The molecule has 28 heavy (non-hydrogen) atoms. The third kappa shape index (κ3) is 5.58. The molecular weight excluding hydrogens is 423 g/mol. The molecule has 0 unspecified atom stereocenters. The van der Waals surface area contributed by atoms with Gasteiger partial charge in [-0.3, -0.25) is 4.79 Å². The molecule has 1 aliphatic heterocycles. The van der Waals surface area contributed by atoms with Gasteiger partial charge in [0.1, 0.15) is 0 Å². The van der Waals surface area contributed by atoms with Crippen molar-refractivity contribution in [1.82, 2.24) is 9.21 Å². The number of rotatable bonds is 4. The van der Waals surface area contributed by atoms with E-state index in [-0.39, 0.29) is 35.6 Å². The van der Waals surface area contributed by atoms with E-state index in [1.807, 2.05) is 7.05 Å². The van der Waals surface area contributed by atoms with Crippen LogP contribution in [0.25, 0.3) is 0 Å². The van der Waals surface area contributed by atoms with Gasteiger partial charge in [-0.15, -0.1) is 24.8 Å². The lowest BCUT2D eigenvalue weighted by Crippen LogP contribution is -2.52. The van der Waals surface area contributed by atoms with E-state index in [0.29, 0.717) is 44.7 Å². The average molecular weight is 453 g/mol. The lowest BCUT2D eigenvalue weighted by Gasteiger charge is -2.32. The van der Waals surface area contributed by atoms with Crippen molar-refractivity contribution in [3.63, 3.8) is 0 Å². The minimum atomic E-state index is -3.56. The molecule has 1 aliphatic carbocycles. The summed E-state index contributed by atoms with van der Waals surface area (Å²) in [5.41, 5.74) is 5.88. The van der Waals surface area contributed by atoms with E-state index in [1.165, 1.54) is 10.4 Å². The van der Waals surface area contributed by atoms with Gasteiger partial charge in [0.2, 0.25) is 15.9 Å². The summed E-state index contributed by atoms with van der Waals surface area (Å²) in [6, 6.07) is 6.45. The summed E-state index contributed by atoms with van der Waals surface area (Å²) in [6.45, 7) is 2.37. The molecular formula is C18H30Cl2N4O3S. The van der Waals surface area contributed by atoms with Gasteiger partial charge in [0.05, 0.1) is 10.4 Å². The number of carbonyl (C=O) groups is 1. The minimum Gasteiger partial charge on any atom is -0.324 e. The van der Waals surface area contributed by atoms with Crippen molar-refractivity contribution in [3.8, 4) is 0 Å². The van der Waals surface area contributed by atoms with Crippen LogP contribution in [0.5, 0.6) is 0 Å². The van der Waals surface area contributed by atoms with Crippen LogP contribution >= 0.6 is 24.8 Å². The van der Waals surface area contributed by atoms with Crippen molar-refractivity contribution in [2.75, 3.05) is 38.5 Å². The van der Waals surface area contributed by atoms with E-state index >= 15 is 0 Å². The van der Waals surface area contributed by atoms with Gasteiger partial charge in [0.25, 0.3) is 0 Å². The summed E-state index contributed by atoms with van der Waals surface area (Å²) in [5.74, 6) is -0.230. The lowest BCUT2D eigenvalue weighted by molar-refractivity contribution is -0.122. The molecule has 2 fully saturated rings. The van der Waals surface area contributed by atoms with Crippen molar-refractivity contribution in [1.29, 1.82) is 0 Å². The van der Waals surface area contributed by atoms with E-state index in [9.17, 15) is 13.2 Å². The van der Waals surface area contributed by atoms with Crippen LogP contribution < -0.4 is 11.1 Å². The fourth-order valence-electron chi connectivity index (χ4n) is 3.58. The van der Waals surface area contributed by atoms with Gasteiger partial charge >= 0.3 is 0 Å². The van der Waals surface area contributed by atoms with Crippen molar-refractivity contribution in [2.24, 2.45) is 5.73 Å². The fraction of sp³-hybridized carbons (Fsp3) is 0.611. The third-order valence-corrected chi connectivity index (χ3v) is 7.28. The molecule has 0 bridgehead atoms. The Balaban J connectivity index is 0.00000196. The van der Waals surface area contributed by atoms with Gasteiger partial charge in [-0.05, 0) is 38.1 Å². The quantitative estimate of drug-likeness (QED) is 0.728. The molecule has 1 aromatic rings. The number of nitrogens with zero attached hydrogens (tertiary/aromatic N) is 2. The standard InChI is InChI=1S/C18H28N4O3S.2ClH/c1-21-10-12-22(13-11-21)26(24,25)16-7-5-6-15(14-16)20-17(23)18(19)8-3-2-4-9-18;;/h5-7,14H,2-4,8-13,19H2,1H3,(H,20,23);2*1H. The third-order valence-electron chi connectivity index (χ3n) is 5.39. The van der Waals surface area contributed by atoms with Crippen molar-refractivity contribution in [2.45, 2.75) is 42.5 Å². The maximum Gasteiger partial charge on any atom is 0.244 e. The van der Waals surface area contributed by atoms with Gasteiger partial charge in [-0.2, -0.15) is 4.31 Å². The number of hydrogen-bond acceptors (Lipinski definition) is 5. The van der Waals surface area contributed by atoms with Crippen LogP contribution in [-0.4, -0.2) is 62.3 Å². The maximum absolute atomic E-state index is 12.9. The van der Waals surface area contributed by atoms with Crippen LogP contribution in [0.3, 0.4) is 0 Å². The molecule has 0 atom stereocenters. The smallest absolute Gasteiger partial charge is 0.244 e. The first-order chi connectivity index (χ1) is 12.3. The Labute approximate surface area is 179 Å². The van der Waals surface area contributed by atoms with E-state index in [4.69, 9.17) is 5.73 Å². The second-order valence-electron chi connectivity index (χ2n) is 7.41. The first kappa shape index (κ1) is 25.1. The van der Waals surface area contributed by atoms with E-state index < -0.39 is 15.6 Å². The highest BCUT2D eigenvalue weighted by Crippen LogP contribution is 2.28. The fourth-order valence-corrected chi connectivity index (χ4v) is 5.05. The largest absolute Gasteiger partial charge is 0.324 e. The average Bonchev–Trinajstić information content (AvgIpc) is 2.63. The maximum atomic E-state index is 12.9. The molecule has 0 aromatic heterocycles. The highest BCUT2D eigenvalue weighted by Gasteiger charge is 2.35. The summed E-state index contributed by atoms with van der Waals surface area (Å²) in [7, 11) is -1.58. The number of likely N-dealkylation sites (N-methyl/N-ethyl adjacent to an activating group) is 1. The van der Waals surface area contributed by atoms with Gasteiger partial charge in [0.15, 0.2) is 0 Å². The first-order valence-electron chi connectivity index (χ1n) is 9.20. The number of hydrogen-bond donors (Lipinski definition) is 2. The van der Waals surface area contributed by atoms with Gasteiger partial charge < -0.3 is 16.0 Å². The summed E-state index contributed by atoms with van der Waals surface area (Å²) < 4.78 is 27.2. The number of sulfonamides is 1. The van der Waals surface area contributed by atoms with Crippen LogP contribution in [0.15, 0.2) is 29.2 Å². The predicted molar refractivity (Wildman–Crippen MR) is 116 cm³/mol. The Hall–Kier alpha value is -0.900. The van der Waals surface area contributed by atoms with Crippen LogP contribution in [-0.2, 0) is 14.8 Å². The van der Waals surface area contributed by atoms with E-state index in [2.05, 4.69) is 10.2 Å². The summed E-state index contributed by atoms with van der Waals surface area (Å²) in [6.07, 6.45) is 4.32. The van der Waals surface area contributed by atoms with Crippen molar-refractivity contribution < 1.29 is 13.2 Å². The number of halogens is 2. The molecule has 1 saturated heterocycles. The molecule has 0 spiro atoms. The Bertz CT molecular complexity index is 762. The molecule has 1 amide bonds. The molecule has 1 heterocycles. The summed E-state index contributed by atoms with van der Waals surface area (Å²) in [5, 5.41) is 2.82. The molecule has 1 aromatic carbocycles. The number of anilines is 1. The van der Waals surface area contributed by atoms with E-state index in [1.54, 1.807) is 18.2 Å². The predicted octanol–water partition coefficient (Wildman–Crippen LogP) is 2.07. The zero-order valence-electron chi connectivity index (χ0n) is 16.1. The van der Waals surface area contributed by atoms with Crippen molar-refractivity contribution >= 4 is 46.4 Å². The number of amides is 1. The Morgan fingerprint density at radius 1 is 1.07 bits per heavy atom. The van der Waals surface area contributed by atoms with Crippen LogP contribution in [0.2, 0.25) is 0 Å². The highest BCUT2D eigenvalue weighted by atomic mass is 35.5.